The second-order valence-electron chi connectivity index (χ2n) is 9.92. The van der Waals surface area contributed by atoms with Crippen LogP contribution in [0.4, 0.5) is 24.9 Å². The molecule has 1 atom stereocenters. The summed E-state index contributed by atoms with van der Waals surface area (Å²) in [5, 5.41) is 16.0. The number of fused-ring (bicyclic) bond motifs is 1. The van der Waals surface area contributed by atoms with Gasteiger partial charge in [-0.3, -0.25) is 4.57 Å². The molecule has 2 aliphatic rings. The summed E-state index contributed by atoms with van der Waals surface area (Å²) < 4.78 is 47.5. The number of ether oxygens (including phenoxy) is 1. The number of nitrogens with one attached hydrogen (secondary N) is 2. The number of anilines is 2. The summed E-state index contributed by atoms with van der Waals surface area (Å²) in [5.74, 6) is 1.41. The van der Waals surface area contributed by atoms with Crippen molar-refractivity contribution in [1.29, 1.82) is 0 Å². The minimum absolute atomic E-state index is 0.262. The Morgan fingerprint density at radius 3 is 2.50 bits per heavy atom. The number of hydrogen-bond donors (Lipinski definition) is 3. The SMILES string of the molecule is OC(CF)CNC1CCC(CNc2nc(N3CCOCC3)cc(-n3c(C(F)F)nc4ccccc43)n2)CC1. The number of rotatable bonds is 10. The van der Waals surface area contributed by atoms with Gasteiger partial charge in [-0.2, -0.15) is 9.97 Å². The van der Waals surface area contributed by atoms with Gasteiger partial charge >= 0.3 is 0 Å². The van der Waals surface area contributed by atoms with Gasteiger partial charge in [-0.15, -0.1) is 0 Å². The van der Waals surface area contributed by atoms with Gasteiger partial charge in [0.05, 0.1) is 30.4 Å². The van der Waals surface area contributed by atoms with Gasteiger partial charge in [-0.1, -0.05) is 12.1 Å². The number of benzene rings is 1. The van der Waals surface area contributed by atoms with Gasteiger partial charge < -0.3 is 25.4 Å². The van der Waals surface area contributed by atoms with Crippen LogP contribution < -0.4 is 15.5 Å². The highest BCUT2D eigenvalue weighted by molar-refractivity contribution is 5.78. The zero-order valence-electron chi connectivity index (χ0n) is 21.2. The molecule has 3 aromatic rings. The van der Waals surface area contributed by atoms with Crippen molar-refractivity contribution in [3.05, 3.63) is 36.2 Å². The maximum absolute atomic E-state index is 14.0. The summed E-state index contributed by atoms with van der Waals surface area (Å²) in [4.78, 5) is 15.6. The van der Waals surface area contributed by atoms with Crippen LogP contribution in [0.25, 0.3) is 16.9 Å². The first-order valence-electron chi connectivity index (χ1n) is 13.2. The number of para-hydroxylation sites is 2. The van der Waals surface area contributed by atoms with Crippen molar-refractivity contribution >= 4 is 22.8 Å². The number of aliphatic hydroxyl groups is 1. The molecule has 0 amide bonds. The zero-order valence-corrected chi connectivity index (χ0v) is 21.2. The summed E-state index contributed by atoms with van der Waals surface area (Å²) in [6.07, 6.45) is 0.0733. The van der Waals surface area contributed by atoms with Crippen LogP contribution in [-0.2, 0) is 4.74 Å². The van der Waals surface area contributed by atoms with Crippen LogP contribution in [0, 0.1) is 5.92 Å². The van der Waals surface area contributed by atoms with E-state index in [1.54, 1.807) is 30.3 Å². The lowest BCUT2D eigenvalue weighted by Gasteiger charge is -2.30. The van der Waals surface area contributed by atoms with Gasteiger partial charge in [-0.05, 0) is 43.7 Å². The van der Waals surface area contributed by atoms with Crippen molar-refractivity contribution in [3.8, 4) is 5.82 Å². The Hall–Kier alpha value is -2.96. The Morgan fingerprint density at radius 2 is 1.76 bits per heavy atom. The lowest BCUT2D eigenvalue weighted by Crippen LogP contribution is -2.39. The van der Waals surface area contributed by atoms with E-state index < -0.39 is 19.2 Å². The fraction of sp³-hybridized carbons (Fsp3) is 0.577. The summed E-state index contributed by atoms with van der Waals surface area (Å²) >= 11 is 0. The molecule has 3 N–H and O–H groups in total. The third kappa shape index (κ3) is 6.19. The number of nitrogens with zero attached hydrogens (tertiary/aromatic N) is 5. The molecule has 1 saturated heterocycles. The van der Waals surface area contributed by atoms with E-state index in [0.29, 0.717) is 67.4 Å². The van der Waals surface area contributed by atoms with Crippen molar-refractivity contribution in [3.63, 3.8) is 0 Å². The van der Waals surface area contributed by atoms with E-state index >= 15 is 0 Å². The van der Waals surface area contributed by atoms with Crippen LogP contribution >= 0.6 is 0 Å². The average molecular weight is 534 g/mol. The van der Waals surface area contributed by atoms with Crippen molar-refractivity contribution < 1.29 is 23.0 Å². The van der Waals surface area contributed by atoms with Crippen LogP contribution in [-0.4, -0.2) is 82.8 Å². The molecule has 0 radical (unpaired) electrons. The number of aliphatic hydroxyl groups excluding tert-OH is 1. The summed E-state index contributed by atoms with van der Waals surface area (Å²) in [7, 11) is 0. The molecule has 206 valence electrons. The largest absolute Gasteiger partial charge is 0.389 e. The standard InChI is InChI=1S/C26H34F3N7O2/c27-14-19(37)16-30-18-7-5-17(6-8-18)15-31-26-33-22(35-9-11-38-12-10-35)13-23(34-26)36-21-4-2-1-3-20(21)32-25(36)24(28)29/h1-4,13,17-19,24,30,37H,5-12,14-16H2,(H,31,33,34). The molecule has 9 nitrogen and oxygen atoms in total. The lowest BCUT2D eigenvalue weighted by molar-refractivity contribution is 0.122. The quantitative estimate of drug-likeness (QED) is 0.364. The summed E-state index contributed by atoms with van der Waals surface area (Å²) in [6, 6.07) is 9.04. The second-order valence-corrected chi connectivity index (χ2v) is 9.92. The topological polar surface area (TPSA) is 100 Å². The molecule has 38 heavy (non-hydrogen) atoms. The third-order valence-corrected chi connectivity index (χ3v) is 7.26. The molecule has 12 heteroatoms. The highest BCUT2D eigenvalue weighted by Gasteiger charge is 2.25. The first kappa shape index (κ1) is 26.6. The number of morpholine rings is 1. The predicted molar refractivity (Wildman–Crippen MR) is 139 cm³/mol. The molecule has 1 aliphatic heterocycles. The number of alkyl halides is 3. The normalized spacial score (nSPS) is 21.2. The molecule has 2 fully saturated rings. The fourth-order valence-corrected chi connectivity index (χ4v) is 5.17. The van der Waals surface area contributed by atoms with Crippen molar-refractivity contribution in [1.82, 2.24) is 24.8 Å². The van der Waals surface area contributed by atoms with Crippen LogP contribution in [0.1, 0.15) is 37.9 Å². The van der Waals surface area contributed by atoms with Crippen LogP contribution in [0.5, 0.6) is 0 Å². The number of halogens is 3. The third-order valence-electron chi connectivity index (χ3n) is 7.26. The fourth-order valence-electron chi connectivity index (χ4n) is 5.17. The van der Waals surface area contributed by atoms with Crippen molar-refractivity contribution in [2.45, 2.75) is 44.3 Å². The monoisotopic (exact) mass is 533 g/mol. The molecule has 0 bridgehead atoms. The van der Waals surface area contributed by atoms with Crippen LogP contribution in [0.2, 0.25) is 0 Å². The summed E-state index contributed by atoms with van der Waals surface area (Å²) in [6.45, 7) is 2.60. The smallest absolute Gasteiger partial charge is 0.296 e. The van der Waals surface area contributed by atoms with Gasteiger partial charge in [0.15, 0.2) is 5.82 Å². The highest BCUT2D eigenvalue weighted by Crippen LogP contribution is 2.30. The minimum atomic E-state index is -2.77. The molecular formula is C26H34F3N7O2. The van der Waals surface area contributed by atoms with E-state index in [4.69, 9.17) is 9.72 Å². The van der Waals surface area contributed by atoms with Gasteiger partial charge in [0, 0.05) is 38.3 Å². The van der Waals surface area contributed by atoms with Gasteiger partial charge in [-0.25, -0.2) is 18.2 Å². The Morgan fingerprint density at radius 1 is 1.03 bits per heavy atom. The zero-order chi connectivity index (χ0) is 26.5. The highest BCUT2D eigenvalue weighted by atomic mass is 19.3. The Bertz CT molecular complexity index is 1200. The van der Waals surface area contributed by atoms with E-state index in [1.165, 1.54) is 4.57 Å². The molecule has 1 unspecified atom stereocenters. The van der Waals surface area contributed by atoms with E-state index in [2.05, 4.69) is 25.5 Å². The van der Waals surface area contributed by atoms with Gasteiger partial charge in [0.1, 0.15) is 18.3 Å². The van der Waals surface area contributed by atoms with Crippen LogP contribution in [0.3, 0.4) is 0 Å². The Balaban J connectivity index is 1.36. The van der Waals surface area contributed by atoms with E-state index in [9.17, 15) is 18.3 Å². The number of aromatic nitrogens is 4. The number of hydrogen-bond acceptors (Lipinski definition) is 8. The van der Waals surface area contributed by atoms with Crippen LogP contribution in [0.15, 0.2) is 30.3 Å². The molecular weight excluding hydrogens is 499 g/mol. The van der Waals surface area contributed by atoms with Crippen molar-refractivity contribution in [2.75, 3.05) is 56.3 Å². The maximum atomic E-state index is 14.0. The molecule has 2 aromatic heterocycles. The first-order chi connectivity index (χ1) is 18.5. The molecule has 1 aliphatic carbocycles. The van der Waals surface area contributed by atoms with Gasteiger partial charge in [0.2, 0.25) is 5.95 Å². The second kappa shape index (κ2) is 12.3. The van der Waals surface area contributed by atoms with Gasteiger partial charge in [0.25, 0.3) is 6.43 Å². The molecule has 1 aromatic carbocycles. The van der Waals surface area contributed by atoms with Crippen molar-refractivity contribution in [2.24, 2.45) is 5.92 Å². The summed E-state index contributed by atoms with van der Waals surface area (Å²) in [5.41, 5.74) is 1.04. The molecule has 0 spiro atoms. The van der Waals surface area contributed by atoms with E-state index in [1.807, 2.05) is 0 Å². The Kier molecular flexibility index (Phi) is 8.60. The molecule has 5 rings (SSSR count). The minimum Gasteiger partial charge on any atom is -0.389 e. The maximum Gasteiger partial charge on any atom is 0.296 e. The molecule has 1 saturated carbocycles. The number of imidazole rings is 1. The Labute approximate surface area is 219 Å². The predicted octanol–water partition coefficient (Wildman–Crippen LogP) is 3.48. The lowest BCUT2D eigenvalue weighted by atomic mass is 9.86. The average Bonchev–Trinajstić information content (AvgIpc) is 3.36. The first-order valence-corrected chi connectivity index (χ1v) is 13.2. The molecule has 3 heterocycles. The van der Waals surface area contributed by atoms with E-state index in [0.717, 1.165) is 25.7 Å². The van der Waals surface area contributed by atoms with E-state index in [-0.39, 0.29) is 18.4 Å².